The van der Waals surface area contributed by atoms with Crippen molar-refractivity contribution in [2.75, 3.05) is 0 Å². The normalized spacial score (nSPS) is 13.7. The summed E-state index contributed by atoms with van der Waals surface area (Å²) in [6.45, 7) is 28.0. The van der Waals surface area contributed by atoms with Crippen molar-refractivity contribution in [1.82, 2.24) is 0 Å². The fraction of sp³-hybridized carbons (Fsp3) is 0.471. The summed E-state index contributed by atoms with van der Waals surface area (Å²) >= 11 is 0. The van der Waals surface area contributed by atoms with Crippen LogP contribution in [0.15, 0.2) is 72.8 Å². The third kappa shape index (κ3) is 5.36. The molecule has 0 spiro atoms. The molecule has 188 valence electrons. The van der Waals surface area contributed by atoms with Gasteiger partial charge in [-0.2, -0.15) is 0 Å². The maximum Gasteiger partial charge on any atom is 0.153 e. The second kappa shape index (κ2) is 9.07. The van der Waals surface area contributed by atoms with Gasteiger partial charge in [0.05, 0.1) is 0 Å². The van der Waals surface area contributed by atoms with E-state index in [4.69, 9.17) is 0 Å². The average Bonchev–Trinajstić information content (AvgIpc) is 2.72. The molecular formula is C34H48Si. The molecule has 0 nitrogen and oxygen atoms in total. The second-order valence-corrected chi connectivity index (χ2v) is 19.2. The fourth-order valence-electron chi connectivity index (χ4n) is 5.46. The van der Waals surface area contributed by atoms with Crippen molar-refractivity contribution in [3.05, 3.63) is 89.5 Å². The first kappa shape index (κ1) is 27.5. The van der Waals surface area contributed by atoms with Crippen molar-refractivity contribution in [2.24, 2.45) is 0 Å². The van der Waals surface area contributed by atoms with Gasteiger partial charge in [-0.3, -0.25) is 0 Å². The molecule has 0 aliphatic heterocycles. The van der Waals surface area contributed by atoms with Crippen LogP contribution in [0.1, 0.15) is 99.8 Å². The van der Waals surface area contributed by atoms with Crippen molar-refractivity contribution in [2.45, 2.75) is 104 Å². The predicted molar refractivity (Wildman–Crippen MR) is 160 cm³/mol. The molecular weight excluding hydrogens is 436 g/mol. The minimum atomic E-state index is -2.37. The molecule has 35 heavy (non-hydrogen) atoms. The fourth-order valence-corrected chi connectivity index (χ4v) is 11.1. The maximum absolute atomic E-state index is 2.45. The van der Waals surface area contributed by atoms with E-state index in [-0.39, 0.29) is 21.3 Å². The Morgan fingerprint density at radius 2 is 0.543 bits per heavy atom. The highest BCUT2D eigenvalue weighted by Crippen LogP contribution is 2.37. The van der Waals surface area contributed by atoms with Crippen molar-refractivity contribution < 1.29 is 0 Å². The molecule has 0 aliphatic carbocycles. The summed E-state index contributed by atoms with van der Waals surface area (Å²) < 4.78 is 0. The van der Waals surface area contributed by atoms with Crippen molar-refractivity contribution in [1.29, 1.82) is 0 Å². The monoisotopic (exact) mass is 484 g/mol. The molecule has 0 aromatic heterocycles. The Morgan fingerprint density at radius 3 is 0.686 bits per heavy atom. The molecule has 0 amide bonds. The molecule has 0 aliphatic rings. The highest BCUT2D eigenvalue weighted by molar-refractivity contribution is 7.13. The molecule has 0 saturated heterocycles. The van der Waals surface area contributed by atoms with Gasteiger partial charge in [-0.15, -0.1) is 0 Å². The molecule has 0 atom stereocenters. The largest absolute Gasteiger partial charge is 0.153 e. The van der Waals surface area contributed by atoms with E-state index in [2.05, 4.69) is 156 Å². The summed E-state index contributed by atoms with van der Waals surface area (Å²) in [6.07, 6.45) is 0. The van der Waals surface area contributed by atoms with Crippen molar-refractivity contribution >= 4 is 23.6 Å². The van der Waals surface area contributed by atoms with Crippen LogP contribution in [-0.2, 0) is 16.2 Å². The number of rotatable bonds is 3. The Balaban J connectivity index is 2.35. The Morgan fingerprint density at radius 1 is 0.343 bits per heavy atom. The number of hydrogen-bond acceptors (Lipinski definition) is 0. The summed E-state index contributed by atoms with van der Waals surface area (Å²) in [5, 5.41) is 4.56. The average molecular weight is 485 g/mol. The van der Waals surface area contributed by atoms with E-state index in [1.165, 1.54) is 32.3 Å². The quantitative estimate of drug-likeness (QED) is 0.262. The van der Waals surface area contributed by atoms with E-state index >= 15 is 0 Å². The van der Waals surface area contributed by atoms with E-state index in [0.717, 1.165) is 0 Å². The van der Waals surface area contributed by atoms with Gasteiger partial charge in [0.15, 0.2) is 8.07 Å². The third-order valence-corrected chi connectivity index (χ3v) is 13.5. The van der Waals surface area contributed by atoms with Crippen LogP contribution in [0.3, 0.4) is 0 Å². The second-order valence-electron chi connectivity index (χ2n) is 14.5. The summed E-state index contributed by atoms with van der Waals surface area (Å²) in [5.41, 5.74) is 4.62. The third-order valence-electron chi connectivity index (χ3n) is 7.68. The highest BCUT2D eigenvalue weighted by atomic mass is 28.3. The molecule has 0 saturated carbocycles. The number of hydrogen-bond donors (Lipinski definition) is 0. The number of benzene rings is 3. The lowest BCUT2D eigenvalue weighted by molar-refractivity contribution is 0.590. The maximum atomic E-state index is 2.45. The van der Waals surface area contributed by atoms with Crippen LogP contribution >= 0.6 is 0 Å². The Hall–Kier alpha value is -2.12. The zero-order chi connectivity index (χ0) is 26.4. The smallest absolute Gasteiger partial charge is 0.0619 e. The predicted octanol–water partition coefficient (Wildman–Crippen LogP) is 7.85. The van der Waals surface area contributed by atoms with Crippen LogP contribution < -0.4 is 15.6 Å². The molecule has 3 rings (SSSR count). The molecule has 3 aromatic rings. The van der Waals surface area contributed by atoms with E-state index in [1.54, 1.807) is 0 Å². The molecule has 0 heterocycles. The molecule has 0 fully saturated rings. The highest BCUT2D eigenvalue weighted by Gasteiger charge is 2.49. The first-order chi connectivity index (χ1) is 15.9. The van der Waals surface area contributed by atoms with E-state index in [9.17, 15) is 0 Å². The summed E-state index contributed by atoms with van der Waals surface area (Å²) in [5.74, 6) is 0. The van der Waals surface area contributed by atoms with Gasteiger partial charge in [0.2, 0.25) is 0 Å². The van der Waals surface area contributed by atoms with Crippen molar-refractivity contribution in [3.8, 4) is 0 Å². The van der Waals surface area contributed by atoms with E-state index in [0.29, 0.717) is 0 Å². The first-order valence-electron chi connectivity index (χ1n) is 13.2. The van der Waals surface area contributed by atoms with Gasteiger partial charge in [-0.1, -0.05) is 156 Å². The molecule has 0 unspecified atom stereocenters. The SMILES string of the molecule is CC(C)(C)c1ccc([Si](c2ccc(C(C)(C)C)cc2)(c2ccc(C(C)(C)C)cc2)C(C)(C)C)cc1. The summed E-state index contributed by atoms with van der Waals surface area (Å²) in [7, 11) is -2.37. The van der Waals surface area contributed by atoms with Gasteiger partial charge in [0, 0.05) is 0 Å². The van der Waals surface area contributed by atoms with Crippen LogP contribution in [0.2, 0.25) is 5.04 Å². The standard InChI is InChI=1S/C34H48Si/c1-31(2,3)25-13-19-28(20-14-25)35(34(10,11)12,29-21-15-26(16-22-29)32(4,5)6)30-23-17-27(18-24-30)33(7,8)9/h13-24H,1-12H3. The zero-order valence-electron chi connectivity index (χ0n) is 24.4. The van der Waals surface area contributed by atoms with Crippen LogP contribution in [0.25, 0.3) is 0 Å². The van der Waals surface area contributed by atoms with Gasteiger partial charge in [-0.05, 0) is 53.5 Å². The Labute approximate surface area is 217 Å². The molecule has 0 radical (unpaired) electrons. The van der Waals surface area contributed by atoms with Gasteiger partial charge >= 0.3 is 0 Å². The first-order valence-corrected chi connectivity index (χ1v) is 15.2. The van der Waals surface area contributed by atoms with Gasteiger partial charge in [0.1, 0.15) is 0 Å². The van der Waals surface area contributed by atoms with Crippen LogP contribution in [0, 0.1) is 0 Å². The minimum absolute atomic E-state index is 0.0861. The molecule has 0 bridgehead atoms. The Kier molecular flexibility index (Phi) is 7.12. The van der Waals surface area contributed by atoms with E-state index < -0.39 is 8.07 Å². The molecule has 0 N–H and O–H groups in total. The summed E-state index contributed by atoms with van der Waals surface area (Å²) in [6, 6.07) is 28.9. The van der Waals surface area contributed by atoms with Gasteiger partial charge < -0.3 is 0 Å². The molecule has 1 heteroatoms. The topological polar surface area (TPSA) is 0 Å². The van der Waals surface area contributed by atoms with E-state index in [1.807, 2.05) is 0 Å². The molecule has 3 aromatic carbocycles. The van der Waals surface area contributed by atoms with Crippen molar-refractivity contribution in [3.63, 3.8) is 0 Å². The van der Waals surface area contributed by atoms with Crippen LogP contribution in [0.4, 0.5) is 0 Å². The lowest BCUT2D eigenvalue weighted by atomic mass is 9.87. The lowest BCUT2D eigenvalue weighted by Gasteiger charge is -2.45. The Bertz CT molecular complexity index is 979. The van der Waals surface area contributed by atoms with Gasteiger partial charge in [0.25, 0.3) is 0 Å². The van der Waals surface area contributed by atoms with Crippen LogP contribution in [-0.4, -0.2) is 8.07 Å². The minimum Gasteiger partial charge on any atom is -0.0619 e. The summed E-state index contributed by atoms with van der Waals surface area (Å²) in [4.78, 5) is 0. The van der Waals surface area contributed by atoms with Gasteiger partial charge in [-0.25, -0.2) is 0 Å². The van der Waals surface area contributed by atoms with Crippen LogP contribution in [0.5, 0.6) is 0 Å². The zero-order valence-corrected chi connectivity index (χ0v) is 25.4. The lowest BCUT2D eigenvalue weighted by Crippen LogP contribution is -2.72.